The molecule has 0 spiro atoms. The molecule has 7 heteroatoms. The van der Waals surface area contributed by atoms with Crippen LogP contribution in [0.4, 0.5) is 11.4 Å². The van der Waals surface area contributed by atoms with Crippen LogP contribution in [0.15, 0.2) is 66.7 Å². The van der Waals surface area contributed by atoms with Gasteiger partial charge >= 0.3 is 5.97 Å². The molecule has 6 nitrogen and oxygen atoms in total. The fourth-order valence-electron chi connectivity index (χ4n) is 3.68. The predicted molar refractivity (Wildman–Crippen MR) is 120 cm³/mol. The molecular formula is C24H21ClN2O4. The van der Waals surface area contributed by atoms with E-state index in [9.17, 15) is 9.59 Å². The van der Waals surface area contributed by atoms with E-state index in [2.05, 4.69) is 5.32 Å². The van der Waals surface area contributed by atoms with E-state index in [1.807, 2.05) is 36.2 Å². The van der Waals surface area contributed by atoms with Crippen molar-refractivity contribution < 1.29 is 19.4 Å². The molecule has 0 saturated heterocycles. The second-order valence-corrected chi connectivity index (χ2v) is 7.82. The molecule has 0 saturated carbocycles. The summed E-state index contributed by atoms with van der Waals surface area (Å²) < 4.78 is 5.79. The summed E-state index contributed by atoms with van der Waals surface area (Å²) in [5.74, 6) is -0.00584. The molecule has 1 heterocycles. The molecule has 1 atom stereocenters. The zero-order valence-corrected chi connectivity index (χ0v) is 17.6. The number of halogens is 1. The van der Waals surface area contributed by atoms with Crippen molar-refractivity contribution in [3.8, 4) is 11.5 Å². The number of likely N-dealkylation sites (N-methyl/N-ethyl adjacent to an activating group) is 1. The van der Waals surface area contributed by atoms with Crippen LogP contribution < -0.4 is 15.0 Å². The molecule has 0 aromatic heterocycles. The number of para-hydroxylation sites is 1. The van der Waals surface area contributed by atoms with Gasteiger partial charge in [-0.3, -0.25) is 9.59 Å². The molecule has 31 heavy (non-hydrogen) atoms. The van der Waals surface area contributed by atoms with Crippen molar-refractivity contribution in [2.45, 2.75) is 18.9 Å². The highest BCUT2D eigenvalue weighted by atomic mass is 35.5. The molecule has 3 aromatic carbocycles. The number of nitrogens with zero attached hydrogens (tertiary/aromatic N) is 1. The van der Waals surface area contributed by atoms with E-state index in [0.29, 0.717) is 34.2 Å². The van der Waals surface area contributed by atoms with E-state index in [4.69, 9.17) is 21.4 Å². The summed E-state index contributed by atoms with van der Waals surface area (Å²) in [7, 11) is 1.93. The first kappa shape index (κ1) is 20.8. The Labute approximate surface area is 185 Å². The molecule has 1 aliphatic heterocycles. The Morgan fingerprint density at radius 1 is 1.13 bits per heavy atom. The Balaban J connectivity index is 1.39. The number of benzene rings is 3. The Hall–Kier alpha value is -3.51. The molecule has 1 unspecified atom stereocenters. The number of carboxylic acid groups (broad SMARTS) is 1. The summed E-state index contributed by atoms with van der Waals surface area (Å²) in [5, 5.41) is 12.2. The van der Waals surface area contributed by atoms with E-state index in [-0.39, 0.29) is 18.4 Å². The lowest BCUT2D eigenvalue weighted by molar-refractivity contribution is -0.136. The van der Waals surface area contributed by atoms with Gasteiger partial charge in [0, 0.05) is 24.8 Å². The van der Waals surface area contributed by atoms with Crippen molar-refractivity contribution in [3.05, 3.63) is 82.9 Å². The zero-order valence-electron chi connectivity index (χ0n) is 16.8. The van der Waals surface area contributed by atoms with Crippen molar-refractivity contribution in [3.63, 3.8) is 0 Å². The third-order valence-electron chi connectivity index (χ3n) is 5.26. The molecule has 3 aromatic rings. The zero-order chi connectivity index (χ0) is 22.0. The number of anilines is 2. The molecule has 158 valence electrons. The van der Waals surface area contributed by atoms with Crippen molar-refractivity contribution in [2.75, 3.05) is 17.3 Å². The molecule has 4 rings (SSSR count). The number of fused-ring (bicyclic) bond motifs is 1. The number of amides is 1. The lowest BCUT2D eigenvalue weighted by Crippen LogP contribution is -2.39. The van der Waals surface area contributed by atoms with Crippen LogP contribution >= 0.6 is 11.6 Å². The van der Waals surface area contributed by atoms with Crippen molar-refractivity contribution >= 4 is 34.9 Å². The fraction of sp³-hybridized carbons (Fsp3) is 0.167. The van der Waals surface area contributed by atoms with Gasteiger partial charge in [0.05, 0.1) is 11.4 Å². The van der Waals surface area contributed by atoms with Crippen LogP contribution in [0.5, 0.6) is 11.5 Å². The van der Waals surface area contributed by atoms with E-state index in [1.54, 1.807) is 42.5 Å². The number of nitrogens with one attached hydrogen (secondary N) is 1. The molecular weight excluding hydrogens is 416 g/mol. The number of carbonyl (C=O) groups excluding carboxylic acids is 1. The first-order chi connectivity index (χ1) is 14.9. The molecule has 1 aliphatic rings. The quantitative estimate of drug-likeness (QED) is 0.582. The largest absolute Gasteiger partial charge is 0.481 e. The van der Waals surface area contributed by atoms with E-state index in [1.165, 1.54) is 5.56 Å². The Bertz CT molecular complexity index is 1130. The van der Waals surface area contributed by atoms with Crippen LogP contribution in [-0.4, -0.2) is 30.1 Å². The number of aliphatic carboxylic acids is 1. The average Bonchev–Trinajstić information content (AvgIpc) is 3.08. The first-order valence-electron chi connectivity index (χ1n) is 9.80. The van der Waals surface area contributed by atoms with Gasteiger partial charge in [-0.25, -0.2) is 0 Å². The van der Waals surface area contributed by atoms with Gasteiger partial charge in [-0.05, 0) is 53.6 Å². The number of rotatable bonds is 6. The smallest absolute Gasteiger partial charge is 0.307 e. The Morgan fingerprint density at radius 2 is 1.87 bits per heavy atom. The normalized spacial score (nSPS) is 14.8. The Morgan fingerprint density at radius 3 is 2.55 bits per heavy atom. The minimum Gasteiger partial charge on any atom is -0.481 e. The van der Waals surface area contributed by atoms with Crippen molar-refractivity contribution in [1.29, 1.82) is 0 Å². The topological polar surface area (TPSA) is 78.9 Å². The minimum absolute atomic E-state index is 0.0653. The highest BCUT2D eigenvalue weighted by molar-refractivity contribution is 6.32. The van der Waals surface area contributed by atoms with Gasteiger partial charge in [0.2, 0.25) is 5.91 Å². The number of carbonyl (C=O) groups is 2. The second kappa shape index (κ2) is 8.70. The standard InChI is InChI=1S/C24H21ClN2O4/c1-27-20-5-3-2-4-16(20)14-21(27)24(30)26-17-7-9-18(10-8-17)31-22-11-6-15(12-19(22)25)13-23(28)29/h2-12,21H,13-14H2,1H3,(H,26,30)(H,28,29). The highest BCUT2D eigenvalue weighted by Crippen LogP contribution is 2.32. The summed E-state index contributed by atoms with van der Waals surface area (Å²) in [4.78, 5) is 25.6. The van der Waals surface area contributed by atoms with Crippen LogP contribution in [0.2, 0.25) is 5.02 Å². The van der Waals surface area contributed by atoms with Crippen molar-refractivity contribution in [1.82, 2.24) is 0 Å². The molecule has 0 bridgehead atoms. The van der Waals surface area contributed by atoms with Gasteiger partial charge in [0.15, 0.2) is 0 Å². The van der Waals surface area contributed by atoms with Crippen LogP contribution in [0.25, 0.3) is 0 Å². The minimum atomic E-state index is -0.921. The number of ether oxygens (including phenoxy) is 1. The van der Waals surface area contributed by atoms with Crippen LogP contribution in [0.1, 0.15) is 11.1 Å². The van der Waals surface area contributed by atoms with E-state index < -0.39 is 5.97 Å². The first-order valence-corrected chi connectivity index (χ1v) is 10.2. The summed E-state index contributed by atoms with van der Waals surface area (Å²) >= 11 is 6.21. The lowest BCUT2D eigenvalue weighted by Gasteiger charge is -2.21. The van der Waals surface area contributed by atoms with Crippen LogP contribution in [0.3, 0.4) is 0 Å². The summed E-state index contributed by atoms with van der Waals surface area (Å²) in [5.41, 5.74) is 3.52. The molecule has 0 aliphatic carbocycles. The van der Waals surface area contributed by atoms with Crippen LogP contribution in [-0.2, 0) is 22.4 Å². The van der Waals surface area contributed by atoms with Gasteiger partial charge in [-0.1, -0.05) is 35.9 Å². The highest BCUT2D eigenvalue weighted by Gasteiger charge is 2.31. The Kier molecular flexibility index (Phi) is 5.82. The number of hydrogen-bond donors (Lipinski definition) is 2. The molecule has 2 N–H and O–H groups in total. The molecule has 0 radical (unpaired) electrons. The summed E-state index contributed by atoms with van der Waals surface area (Å²) in [6.07, 6.45) is 0.575. The second-order valence-electron chi connectivity index (χ2n) is 7.41. The van der Waals surface area contributed by atoms with Crippen LogP contribution in [0, 0.1) is 0 Å². The van der Waals surface area contributed by atoms with Gasteiger partial charge < -0.3 is 20.1 Å². The summed E-state index contributed by atoms with van der Waals surface area (Å²) in [6, 6.07) is 19.7. The SMILES string of the molecule is CN1c2ccccc2CC1C(=O)Nc1ccc(Oc2ccc(CC(=O)O)cc2Cl)cc1. The molecule has 1 amide bonds. The lowest BCUT2D eigenvalue weighted by atomic mass is 10.1. The maximum Gasteiger partial charge on any atom is 0.307 e. The fourth-order valence-corrected chi connectivity index (χ4v) is 3.92. The maximum atomic E-state index is 12.8. The van der Waals surface area contributed by atoms with Gasteiger partial charge in [-0.15, -0.1) is 0 Å². The van der Waals surface area contributed by atoms with Gasteiger partial charge in [0.1, 0.15) is 17.5 Å². The maximum absolute atomic E-state index is 12.8. The third-order valence-corrected chi connectivity index (χ3v) is 5.55. The van der Waals surface area contributed by atoms with Gasteiger partial charge in [-0.2, -0.15) is 0 Å². The van der Waals surface area contributed by atoms with Gasteiger partial charge in [0.25, 0.3) is 0 Å². The third kappa shape index (κ3) is 4.64. The average molecular weight is 437 g/mol. The van der Waals surface area contributed by atoms with E-state index in [0.717, 1.165) is 5.69 Å². The van der Waals surface area contributed by atoms with Crippen molar-refractivity contribution in [2.24, 2.45) is 0 Å². The monoisotopic (exact) mass is 436 g/mol. The predicted octanol–water partition coefficient (Wildman–Crippen LogP) is 4.76. The number of carboxylic acids is 1. The summed E-state index contributed by atoms with van der Waals surface area (Å²) in [6.45, 7) is 0. The van der Waals surface area contributed by atoms with E-state index >= 15 is 0 Å². The molecule has 0 fully saturated rings. The number of hydrogen-bond acceptors (Lipinski definition) is 4.